The van der Waals surface area contributed by atoms with Gasteiger partial charge in [-0.1, -0.05) is 18.0 Å². The van der Waals surface area contributed by atoms with Crippen molar-refractivity contribution in [2.24, 2.45) is 10.9 Å². The van der Waals surface area contributed by atoms with Crippen LogP contribution in [-0.2, 0) is 0 Å². The average Bonchev–Trinajstić information content (AvgIpc) is 2.90. The van der Waals surface area contributed by atoms with Gasteiger partial charge in [0.05, 0.1) is 16.9 Å². The molecule has 3 N–H and O–H groups in total. The number of oxime groups is 1. The van der Waals surface area contributed by atoms with Crippen molar-refractivity contribution in [3.05, 3.63) is 23.0 Å². The summed E-state index contributed by atoms with van der Waals surface area (Å²) in [4.78, 5) is 6.67. The zero-order valence-corrected chi connectivity index (χ0v) is 11.8. The van der Waals surface area contributed by atoms with Crippen molar-refractivity contribution in [3.63, 3.8) is 0 Å². The summed E-state index contributed by atoms with van der Waals surface area (Å²) in [5.74, 6) is 0.129. The molecule has 0 saturated heterocycles. The maximum Gasteiger partial charge on any atom is 0.174 e. The molecule has 1 aromatic heterocycles. The smallest absolute Gasteiger partial charge is 0.174 e. The number of aryl methyl sites for hydroxylation is 2. The van der Waals surface area contributed by atoms with Crippen molar-refractivity contribution in [3.8, 4) is 0 Å². The van der Waals surface area contributed by atoms with Crippen LogP contribution in [0.3, 0.4) is 0 Å². The van der Waals surface area contributed by atoms with E-state index in [4.69, 9.17) is 10.9 Å². The molecule has 0 aliphatic heterocycles. The predicted octanol–water partition coefficient (Wildman–Crippen LogP) is 2.17. The molecule has 5 nitrogen and oxygen atoms in total. The van der Waals surface area contributed by atoms with Crippen molar-refractivity contribution < 1.29 is 5.21 Å². The number of aromatic nitrogens is 1. The molecule has 1 aliphatic carbocycles. The minimum absolute atomic E-state index is 0.129. The van der Waals surface area contributed by atoms with Crippen molar-refractivity contribution in [2.45, 2.75) is 45.6 Å². The number of rotatable bonds is 3. The molecule has 0 atom stereocenters. The summed E-state index contributed by atoms with van der Waals surface area (Å²) >= 11 is 0. The number of pyridine rings is 1. The molecule has 0 radical (unpaired) electrons. The van der Waals surface area contributed by atoms with Gasteiger partial charge in [-0.25, -0.2) is 0 Å². The van der Waals surface area contributed by atoms with Crippen LogP contribution in [0.2, 0.25) is 0 Å². The average molecular weight is 262 g/mol. The zero-order chi connectivity index (χ0) is 14.0. The van der Waals surface area contributed by atoms with Gasteiger partial charge in [-0.3, -0.25) is 4.98 Å². The van der Waals surface area contributed by atoms with Crippen LogP contribution in [0.25, 0.3) is 0 Å². The third-order valence-electron chi connectivity index (χ3n) is 3.92. The highest BCUT2D eigenvalue weighted by Crippen LogP contribution is 2.30. The van der Waals surface area contributed by atoms with E-state index in [0.717, 1.165) is 22.6 Å². The van der Waals surface area contributed by atoms with Crippen molar-refractivity contribution in [2.75, 3.05) is 11.9 Å². The molecule has 0 unspecified atom stereocenters. The standard InChI is InChI=1S/C14H22N4O/c1-9-8-12(18(3)11-6-4-5-7-11)13(10(2)16-9)14(15)17-19/h8,11,19H,4-7H2,1-3H3,(H2,15,17). The van der Waals surface area contributed by atoms with Gasteiger partial charge in [0.25, 0.3) is 0 Å². The predicted molar refractivity (Wildman–Crippen MR) is 76.9 cm³/mol. The van der Waals surface area contributed by atoms with Gasteiger partial charge in [0.2, 0.25) is 0 Å². The molecule has 1 aliphatic rings. The molecule has 1 saturated carbocycles. The molecular formula is C14H22N4O. The molecule has 0 bridgehead atoms. The first-order valence-corrected chi connectivity index (χ1v) is 6.73. The maximum atomic E-state index is 8.97. The van der Waals surface area contributed by atoms with Gasteiger partial charge in [0, 0.05) is 18.8 Å². The topological polar surface area (TPSA) is 74.7 Å². The Labute approximate surface area is 114 Å². The first-order valence-electron chi connectivity index (χ1n) is 6.73. The highest BCUT2D eigenvalue weighted by atomic mass is 16.4. The third-order valence-corrected chi connectivity index (χ3v) is 3.92. The molecule has 19 heavy (non-hydrogen) atoms. The highest BCUT2D eigenvalue weighted by molar-refractivity contribution is 6.03. The van der Waals surface area contributed by atoms with E-state index in [-0.39, 0.29) is 5.84 Å². The van der Waals surface area contributed by atoms with Crippen molar-refractivity contribution in [1.82, 2.24) is 4.98 Å². The van der Waals surface area contributed by atoms with Crippen LogP contribution in [0.1, 0.15) is 42.6 Å². The SMILES string of the molecule is Cc1cc(N(C)C2CCCC2)c(/C(N)=N/O)c(C)n1. The number of hydrogen-bond donors (Lipinski definition) is 2. The zero-order valence-electron chi connectivity index (χ0n) is 11.8. The van der Waals surface area contributed by atoms with E-state index < -0.39 is 0 Å². The highest BCUT2D eigenvalue weighted by Gasteiger charge is 2.24. The fourth-order valence-corrected chi connectivity index (χ4v) is 2.94. The lowest BCUT2D eigenvalue weighted by Crippen LogP contribution is -2.32. The van der Waals surface area contributed by atoms with Gasteiger partial charge in [-0.2, -0.15) is 0 Å². The number of hydrogen-bond acceptors (Lipinski definition) is 4. The quantitative estimate of drug-likeness (QED) is 0.379. The Kier molecular flexibility index (Phi) is 3.93. The van der Waals surface area contributed by atoms with Crippen LogP contribution in [0.4, 0.5) is 5.69 Å². The number of amidine groups is 1. The fraction of sp³-hybridized carbons (Fsp3) is 0.571. The number of anilines is 1. The summed E-state index contributed by atoms with van der Waals surface area (Å²) < 4.78 is 0. The number of nitrogens with two attached hydrogens (primary N) is 1. The first-order chi connectivity index (χ1) is 9.04. The molecule has 104 valence electrons. The monoisotopic (exact) mass is 262 g/mol. The molecule has 1 aromatic rings. The Hall–Kier alpha value is -1.78. The van der Waals surface area contributed by atoms with E-state index in [2.05, 4.69) is 22.1 Å². The molecule has 2 rings (SSSR count). The van der Waals surface area contributed by atoms with E-state index in [0.29, 0.717) is 6.04 Å². The molecule has 1 fully saturated rings. The van der Waals surface area contributed by atoms with Crippen molar-refractivity contribution >= 4 is 11.5 Å². The van der Waals surface area contributed by atoms with E-state index in [9.17, 15) is 0 Å². The van der Waals surface area contributed by atoms with Gasteiger partial charge < -0.3 is 15.8 Å². The van der Waals surface area contributed by atoms with E-state index in [1.54, 1.807) is 0 Å². The molecular weight excluding hydrogens is 240 g/mol. The maximum absolute atomic E-state index is 8.97. The van der Waals surface area contributed by atoms with E-state index in [1.807, 2.05) is 19.9 Å². The Bertz CT molecular complexity index is 492. The van der Waals surface area contributed by atoms with E-state index >= 15 is 0 Å². The Morgan fingerprint density at radius 2 is 2.05 bits per heavy atom. The lowest BCUT2D eigenvalue weighted by molar-refractivity contribution is 0.318. The third kappa shape index (κ3) is 2.64. The molecule has 0 amide bonds. The minimum Gasteiger partial charge on any atom is -0.409 e. The second-order valence-corrected chi connectivity index (χ2v) is 5.28. The summed E-state index contributed by atoms with van der Waals surface area (Å²) in [7, 11) is 2.08. The first kappa shape index (κ1) is 13.6. The second-order valence-electron chi connectivity index (χ2n) is 5.28. The largest absolute Gasteiger partial charge is 0.409 e. The fourth-order valence-electron chi connectivity index (χ4n) is 2.94. The summed E-state index contributed by atoms with van der Waals surface area (Å²) in [6, 6.07) is 2.55. The van der Waals surface area contributed by atoms with Crippen LogP contribution in [0.15, 0.2) is 11.2 Å². The summed E-state index contributed by atoms with van der Waals surface area (Å²) in [6.07, 6.45) is 4.95. The van der Waals surface area contributed by atoms with Gasteiger partial charge in [-0.05, 0) is 32.8 Å². The van der Waals surface area contributed by atoms with Crippen LogP contribution in [-0.4, -0.2) is 29.1 Å². The summed E-state index contributed by atoms with van der Waals surface area (Å²) in [6.45, 7) is 3.86. The van der Waals surface area contributed by atoms with Gasteiger partial charge in [0.15, 0.2) is 5.84 Å². The molecule has 5 heteroatoms. The normalized spacial score (nSPS) is 16.9. The Morgan fingerprint density at radius 3 is 2.63 bits per heavy atom. The molecule has 1 heterocycles. The van der Waals surface area contributed by atoms with Crippen LogP contribution in [0, 0.1) is 13.8 Å². The lowest BCUT2D eigenvalue weighted by Gasteiger charge is -2.29. The lowest BCUT2D eigenvalue weighted by atomic mass is 10.1. The number of nitrogens with zero attached hydrogens (tertiary/aromatic N) is 3. The van der Waals surface area contributed by atoms with Gasteiger partial charge in [-0.15, -0.1) is 0 Å². The Morgan fingerprint density at radius 1 is 1.42 bits per heavy atom. The molecule has 0 spiro atoms. The van der Waals surface area contributed by atoms with Crippen molar-refractivity contribution in [1.29, 1.82) is 0 Å². The summed E-state index contributed by atoms with van der Waals surface area (Å²) in [5.41, 5.74) is 9.31. The summed E-state index contributed by atoms with van der Waals surface area (Å²) in [5, 5.41) is 12.1. The minimum atomic E-state index is 0.129. The van der Waals surface area contributed by atoms with Gasteiger partial charge >= 0.3 is 0 Å². The van der Waals surface area contributed by atoms with E-state index in [1.165, 1.54) is 25.7 Å². The Balaban J connectivity index is 2.47. The van der Waals surface area contributed by atoms with Crippen LogP contribution in [0.5, 0.6) is 0 Å². The van der Waals surface area contributed by atoms with Crippen LogP contribution < -0.4 is 10.6 Å². The van der Waals surface area contributed by atoms with Crippen LogP contribution >= 0.6 is 0 Å². The van der Waals surface area contributed by atoms with Gasteiger partial charge in [0.1, 0.15) is 0 Å². The molecule has 0 aromatic carbocycles. The second kappa shape index (κ2) is 5.47.